The summed E-state index contributed by atoms with van der Waals surface area (Å²) >= 11 is 0. The summed E-state index contributed by atoms with van der Waals surface area (Å²) in [7, 11) is 0. The van der Waals surface area contributed by atoms with Gasteiger partial charge in [-0.15, -0.1) is 0 Å². The van der Waals surface area contributed by atoms with Crippen LogP contribution in [0.5, 0.6) is 0 Å². The molecule has 0 aromatic carbocycles. The first-order valence-corrected chi connectivity index (χ1v) is 4.35. The van der Waals surface area contributed by atoms with Crippen molar-refractivity contribution < 1.29 is 0 Å². The van der Waals surface area contributed by atoms with Crippen LogP contribution in [0.25, 0.3) is 12.7 Å². The molecular formula is C11H16N2. The molecule has 0 unspecified atom stereocenters. The van der Waals surface area contributed by atoms with Crippen molar-refractivity contribution in [3.05, 3.63) is 35.0 Å². The van der Waals surface area contributed by atoms with E-state index in [9.17, 15) is 0 Å². The normalized spacial score (nSPS) is 10.2. The Morgan fingerprint density at radius 2 is 2.00 bits per heavy atom. The van der Waals surface area contributed by atoms with E-state index in [1.54, 1.807) is 12.3 Å². The maximum Gasteiger partial charge on any atom is 0.0860 e. The van der Waals surface area contributed by atoms with Crippen LogP contribution >= 0.6 is 0 Å². The number of hydrogen-bond donors (Lipinski definition) is 0. The van der Waals surface area contributed by atoms with Gasteiger partial charge in [0, 0.05) is 5.22 Å². The summed E-state index contributed by atoms with van der Waals surface area (Å²) in [5, 5.41) is 9.29. The second-order valence-corrected chi connectivity index (χ2v) is 2.29. The SMILES string of the molecule is C=C/C=c1/c(C)cnnc1=C.CC. The minimum absolute atomic E-state index is 0.699. The molecular weight excluding hydrogens is 160 g/mol. The number of nitrogens with zero attached hydrogens (tertiary/aromatic N) is 2. The van der Waals surface area contributed by atoms with Crippen LogP contribution in [0.1, 0.15) is 19.4 Å². The van der Waals surface area contributed by atoms with E-state index in [4.69, 9.17) is 0 Å². The first kappa shape index (κ1) is 11.6. The van der Waals surface area contributed by atoms with Gasteiger partial charge in [0.2, 0.25) is 0 Å². The Bertz CT molecular complexity index is 366. The Hall–Kier alpha value is -1.44. The molecule has 1 aromatic heterocycles. The minimum atomic E-state index is 0.699. The van der Waals surface area contributed by atoms with E-state index in [0.29, 0.717) is 5.35 Å². The number of hydrogen-bond acceptors (Lipinski definition) is 2. The molecule has 0 N–H and O–H groups in total. The van der Waals surface area contributed by atoms with Crippen molar-refractivity contribution in [1.29, 1.82) is 0 Å². The van der Waals surface area contributed by atoms with Gasteiger partial charge in [-0.1, -0.05) is 39.2 Å². The van der Waals surface area contributed by atoms with E-state index in [-0.39, 0.29) is 0 Å². The molecule has 2 heteroatoms. The molecule has 0 bridgehead atoms. The Balaban J connectivity index is 0.000000671. The molecule has 0 aliphatic heterocycles. The first-order chi connectivity index (χ1) is 6.25. The number of aryl methyl sites for hydroxylation is 1. The van der Waals surface area contributed by atoms with Gasteiger partial charge in [0.25, 0.3) is 0 Å². The fourth-order valence-corrected chi connectivity index (χ4v) is 0.882. The van der Waals surface area contributed by atoms with Crippen LogP contribution < -0.4 is 10.6 Å². The predicted octanol–water partition coefficient (Wildman–Crippen LogP) is 1.19. The zero-order valence-corrected chi connectivity index (χ0v) is 8.54. The average molecular weight is 176 g/mol. The molecule has 0 amide bonds. The largest absolute Gasteiger partial charge is 0.158 e. The molecule has 13 heavy (non-hydrogen) atoms. The lowest BCUT2D eigenvalue weighted by atomic mass is 10.2. The van der Waals surface area contributed by atoms with Crippen LogP contribution in [0.4, 0.5) is 0 Å². The smallest absolute Gasteiger partial charge is 0.0860 e. The molecule has 0 aliphatic rings. The highest BCUT2D eigenvalue weighted by atomic mass is 15.1. The lowest BCUT2D eigenvalue weighted by molar-refractivity contribution is 0.967. The van der Waals surface area contributed by atoms with Gasteiger partial charge in [-0.2, -0.15) is 10.2 Å². The second kappa shape index (κ2) is 6.12. The number of rotatable bonds is 1. The van der Waals surface area contributed by atoms with E-state index in [1.807, 2.05) is 26.8 Å². The maximum absolute atomic E-state index is 3.82. The number of allylic oxidation sites excluding steroid dienone is 1. The van der Waals surface area contributed by atoms with Crippen molar-refractivity contribution in [2.45, 2.75) is 20.8 Å². The van der Waals surface area contributed by atoms with Gasteiger partial charge in [-0.25, -0.2) is 0 Å². The second-order valence-electron chi connectivity index (χ2n) is 2.29. The van der Waals surface area contributed by atoms with Gasteiger partial charge >= 0.3 is 0 Å². The van der Waals surface area contributed by atoms with Crippen molar-refractivity contribution >= 4 is 12.7 Å². The Morgan fingerprint density at radius 3 is 2.46 bits per heavy atom. The summed E-state index contributed by atoms with van der Waals surface area (Å²) in [4.78, 5) is 0. The lowest BCUT2D eigenvalue weighted by Gasteiger charge is -1.90. The minimum Gasteiger partial charge on any atom is -0.158 e. The molecule has 1 rings (SSSR count). The van der Waals surface area contributed by atoms with Crippen molar-refractivity contribution in [2.24, 2.45) is 0 Å². The zero-order chi connectivity index (χ0) is 10.3. The quantitative estimate of drug-likeness (QED) is 0.642. The fraction of sp³-hybridized carbons (Fsp3) is 0.273. The molecule has 2 nitrogen and oxygen atoms in total. The van der Waals surface area contributed by atoms with Gasteiger partial charge in [-0.05, 0) is 12.5 Å². The molecule has 0 radical (unpaired) electrons. The summed E-state index contributed by atoms with van der Waals surface area (Å²) < 4.78 is 0. The van der Waals surface area contributed by atoms with Crippen molar-refractivity contribution in [2.75, 3.05) is 0 Å². The predicted molar refractivity (Wildman–Crippen MR) is 57.6 cm³/mol. The molecule has 0 spiro atoms. The summed E-state index contributed by atoms with van der Waals surface area (Å²) in [6.45, 7) is 13.3. The highest BCUT2D eigenvalue weighted by molar-refractivity contribution is 5.37. The third-order valence-corrected chi connectivity index (χ3v) is 1.45. The van der Waals surface area contributed by atoms with Crippen LogP contribution in [0, 0.1) is 6.92 Å². The van der Waals surface area contributed by atoms with Gasteiger partial charge in [-0.3, -0.25) is 0 Å². The van der Waals surface area contributed by atoms with Gasteiger partial charge in [0.1, 0.15) is 0 Å². The van der Waals surface area contributed by atoms with E-state index < -0.39 is 0 Å². The van der Waals surface area contributed by atoms with E-state index in [0.717, 1.165) is 10.8 Å². The summed E-state index contributed by atoms with van der Waals surface area (Å²) in [5.41, 5.74) is 1.07. The monoisotopic (exact) mass is 176 g/mol. The molecule has 70 valence electrons. The molecule has 1 aromatic rings. The van der Waals surface area contributed by atoms with Gasteiger partial charge < -0.3 is 0 Å². The van der Waals surface area contributed by atoms with Gasteiger partial charge in [0.05, 0.1) is 11.5 Å². The maximum atomic E-state index is 3.82. The Labute approximate surface area is 79.3 Å². The third-order valence-electron chi connectivity index (χ3n) is 1.45. The fourth-order valence-electron chi connectivity index (χ4n) is 0.882. The third kappa shape index (κ3) is 3.20. The highest BCUT2D eigenvalue weighted by Crippen LogP contribution is 1.77. The molecule has 0 saturated carbocycles. The number of aromatic nitrogens is 2. The van der Waals surface area contributed by atoms with Crippen LogP contribution in [0.15, 0.2) is 18.9 Å². The highest BCUT2D eigenvalue weighted by Gasteiger charge is 1.87. The van der Waals surface area contributed by atoms with Crippen molar-refractivity contribution in [3.8, 4) is 0 Å². The van der Waals surface area contributed by atoms with Gasteiger partial charge in [0.15, 0.2) is 0 Å². The van der Waals surface area contributed by atoms with Crippen molar-refractivity contribution in [1.82, 2.24) is 10.2 Å². The Morgan fingerprint density at radius 1 is 1.38 bits per heavy atom. The average Bonchev–Trinajstić information content (AvgIpc) is 2.15. The van der Waals surface area contributed by atoms with Crippen LogP contribution in [0.3, 0.4) is 0 Å². The summed E-state index contributed by atoms with van der Waals surface area (Å²) in [5.74, 6) is 0. The summed E-state index contributed by atoms with van der Waals surface area (Å²) in [6.07, 6.45) is 5.31. The lowest BCUT2D eigenvalue weighted by Crippen LogP contribution is -2.29. The Kier molecular flexibility index (Phi) is 5.44. The zero-order valence-electron chi connectivity index (χ0n) is 8.54. The van der Waals surface area contributed by atoms with Crippen LogP contribution in [-0.2, 0) is 0 Å². The molecule has 0 atom stereocenters. The molecule has 1 heterocycles. The van der Waals surface area contributed by atoms with Crippen LogP contribution in [-0.4, -0.2) is 10.2 Å². The molecule has 0 aliphatic carbocycles. The molecule has 0 fully saturated rings. The van der Waals surface area contributed by atoms with E-state index >= 15 is 0 Å². The van der Waals surface area contributed by atoms with Crippen molar-refractivity contribution in [3.63, 3.8) is 0 Å². The van der Waals surface area contributed by atoms with E-state index in [1.165, 1.54) is 0 Å². The molecule has 0 saturated heterocycles. The first-order valence-electron chi connectivity index (χ1n) is 4.35. The topological polar surface area (TPSA) is 25.8 Å². The van der Waals surface area contributed by atoms with Crippen LogP contribution in [0.2, 0.25) is 0 Å². The standard InChI is InChI=1S/C9H10N2.C2H6/c1-4-5-9-7(2)6-10-11-8(9)3;1-2/h4-6H,1,3H2,2H3;1-2H3/b9-5-;. The summed E-state index contributed by atoms with van der Waals surface area (Å²) in [6, 6.07) is 0. The van der Waals surface area contributed by atoms with E-state index in [2.05, 4.69) is 23.4 Å².